The van der Waals surface area contributed by atoms with Crippen LogP contribution >= 0.6 is 0 Å². The van der Waals surface area contributed by atoms with Crippen LogP contribution in [0.4, 0.5) is 0 Å². The number of aryl methyl sites for hydroxylation is 1. The van der Waals surface area contributed by atoms with E-state index in [1.54, 1.807) is 26.0 Å². The molecule has 0 bridgehead atoms. The van der Waals surface area contributed by atoms with Gasteiger partial charge in [-0.3, -0.25) is 4.79 Å². The number of benzene rings is 1. The molecule has 80 valence electrons. The van der Waals surface area contributed by atoms with Gasteiger partial charge in [-0.2, -0.15) is 0 Å². The highest BCUT2D eigenvalue weighted by atomic mass is 16.5. The van der Waals surface area contributed by atoms with Crippen molar-refractivity contribution < 1.29 is 19.4 Å². The first-order valence-corrected chi connectivity index (χ1v) is 4.59. The molecular weight excluding hydrogens is 196 g/mol. The molecule has 15 heavy (non-hydrogen) atoms. The third-order valence-corrected chi connectivity index (χ3v) is 1.95. The normalized spacial score (nSPS) is 9.73. The van der Waals surface area contributed by atoms with E-state index in [0.29, 0.717) is 5.56 Å². The summed E-state index contributed by atoms with van der Waals surface area (Å²) in [5.41, 5.74) is 0.647. The number of ether oxygens (including phenoxy) is 1. The predicted molar refractivity (Wildman–Crippen MR) is 54.1 cm³/mol. The molecule has 0 unspecified atom stereocenters. The Hall–Kier alpha value is -1.84. The molecule has 0 heterocycles. The lowest BCUT2D eigenvalue weighted by Crippen LogP contribution is -2.10. The lowest BCUT2D eigenvalue weighted by Gasteiger charge is -2.09. The quantitative estimate of drug-likeness (QED) is 0.609. The van der Waals surface area contributed by atoms with Crippen LogP contribution in [0, 0.1) is 6.92 Å². The summed E-state index contributed by atoms with van der Waals surface area (Å²) in [7, 11) is 0. The molecule has 0 aliphatic heterocycles. The van der Waals surface area contributed by atoms with E-state index in [1.165, 1.54) is 6.07 Å². The fourth-order valence-corrected chi connectivity index (χ4v) is 1.14. The van der Waals surface area contributed by atoms with Crippen molar-refractivity contribution in [2.75, 3.05) is 0 Å². The summed E-state index contributed by atoms with van der Waals surface area (Å²) in [6.45, 7) is 3.35. The zero-order valence-corrected chi connectivity index (χ0v) is 8.61. The molecule has 0 spiro atoms. The molecule has 1 aromatic rings. The number of carbonyl (C=O) groups excluding carboxylic acids is 1. The average molecular weight is 208 g/mol. The van der Waals surface area contributed by atoms with Gasteiger partial charge in [-0.1, -0.05) is 19.1 Å². The Morgan fingerprint density at radius 1 is 1.40 bits per heavy atom. The largest absolute Gasteiger partial charge is 0.478 e. The summed E-state index contributed by atoms with van der Waals surface area (Å²) < 4.78 is 4.97. The molecule has 0 aromatic heterocycles. The minimum absolute atomic E-state index is 0.0109. The van der Waals surface area contributed by atoms with Crippen LogP contribution in [0.3, 0.4) is 0 Å². The van der Waals surface area contributed by atoms with Crippen molar-refractivity contribution >= 4 is 11.9 Å². The van der Waals surface area contributed by atoms with E-state index >= 15 is 0 Å². The molecule has 0 atom stereocenters. The van der Waals surface area contributed by atoms with Crippen molar-refractivity contribution in [2.45, 2.75) is 20.3 Å². The molecule has 0 fully saturated rings. The van der Waals surface area contributed by atoms with Gasteiger partial charge in [0, 0.05) is 6.42 Å². The van der Waals surface area contributed by atoms with Gasteiger partial charge in [0.05, 0.1) is 0 Å². The number of carboxylic acid groups (broad SMARTS) is 1. The Bertz CT molecular complexity index is 396. The van der Waals surface area contributed by atoms with Crippen molar-refractivity contribution in [1.82, 2.24) is 0 Å². The summed E-state index contributed by atoms with van der Waals surface area (Å²) in [6.07, 6.45) is 0.216. The van der Waals surface area contributed by atoms with Crippen molar-refractivity contribution in [1.29, 1.82) is 0 Å². The fourth-order valence-electron chi connectivity index (χ4n) is 1.14. The van der Waals surface area contributed by atoms with Gasteiger partial charge in [0.15, 0.2) is 0 Å². The number of carbonyl (C=O) groups is 2. The molecule has 4 heteroatoms. The first-order chi connectivity index (χ1) is 7.06. The molecule has 4 nitrogen and oxygen atoms in total. The zero-order valence-electron chi connectivity index (χ0n) is 8.61. The Morgan fingerprint density at radius 3 is 2.60 bits per heavy atom. The van der Waals surface area contributed by atoms with Crippen LogP contribution in [-0.4, -0.2) is 17.0 Å². The summed E-state index contributed by atoms with van der Waals surface area (Å²) in [4.78, 5) is 21.9. The number of para-hydroxylation sites is 1. The maximum absolute atomic E-state index is 11.1. The maximum Gasteiger partial charge on any atom is 0.339 e. The number of hydrogen-bond acceptors (Lipinski definition) is 3. The summed E-state index contributed by atoms with van der Waals surface area (Å²) in [6, 6.07) is 4.72. The molecule has 0 saturated heterocycles. The van der Waals surface area contributed by atoms with E-state index in [-0.39, 0.29) is 17.7 Å². The van der Waals surface area contributed by atoms with Crippen molar-refractivity contribution in [3.63, 3.8) is 0 Å². The van der Waals surface area contributed by atoms with Crippen LogP contribution < -0.4 is 4.74 Å². The molecule has 0 amide bonds. The van der Waals surface area contributed by atoms with Crippen LogP contribution in [0.15, 0.2) is 18.2 Å². The number of rotatable bonds is 3. The van der Waals surface area contributed by atoms with Gasteiger partial charge in [-0.05, 0) is 18.6 Å². The summed E-state index contributed by atoms with van der Waals surface area (Å²) >= 11 is 0. The Labute approximate surface area is 87.5 Å². The summed E-state index contributed by atoms with van der Waals surface area (Å²) in [5.74, 6) is -1.40. The minimum Gasteiger partial charge on any atom is -0.478 e. The fraction of sp³-hybridized carbons (Fsp3) is 0.273. The lowest BCUT2D eigenvalue weighted by molar-refractivity contribution is -0.134. The van der Waals surface area contributed by atoms with Gasteiger partial charge < -0.3 is 9.84 Å². The van der Waals surface area contributed by atoms with Gasteiger partial charge in [-0.25, -0.2) is 4.79 Å². The summed E-state index contributed by atoms with van der Waals surface area (Å²) in [5, 5.41) is 8.88. The first kappa shape index (κ1) is 11.2. The average Bonchev–Trinajstić information content (AvgIpc) is 2.20. The van der Waals surface area contributed by atoms with Gasteiger partial charge in [0.25, 0.3) is 0 Å². The van der Waals surface area contributed by atoms with Crippen LogP contribution in [0.5, 0.6) is 5.75 Å². The van der Waals surface area contributed by atoms with Gasteiger partial charge >= 0.3 is 11.9 Å². The van der Waals surface area contributed by atoms with Crippen LogP contribution in [-0.2, 0) is 4.79 Å². The third-order valence-electron chi connectivity index (χ3n) is 1.95. The topological polar surface area (TPSA) is 63.6 Å². The Morgan fingerprint density at radius 2 is 2.07 bits per heavy atom. The van der Waals surface area contributed by atoms with Crippen molar-refractivity contribution in [3.05, 3.63) is 29.3 Å². The van der Waals surface area contributed by atoms with E-state index < -0.39 is 11.9 Å². The van der Waals surface area contributed by atoms with Gasteiger partial charge in [0.1, 0.15) is 11.3 Å². The van der Waals surface area contributed by atoms with Gasteiger partial charge in [0.2, 0.25) is 0 Å². The highest BCUT2D eigenvalue weighted by Gasteiger charge is 2.15. The molecule has 1 rings (SSSR count). The number of carboxylic acids is 1. The number of esters is 1. The van der Waals surface area contributed by atoms with E-state index in [4.69, 9.17) is 9.84 Å². The van der Waals surface area contributed by atoms with Gasteiger partial charge in [-0.15, -0.1) is 0 Å². The van der Waals surface area contributed by atoms with Crippen molar-refractivity contribution in [3.8, 4) is 5.75 Å². The molecule has 1 aromatic carbocycles. The first-order valence-electron chi connectivity index (χ1n) is 4.59. The molecule has 0 aliphatic carbocycles. The third kappa shape index (κ3) is 2.56. The van der Waals surface area contributed by atoms with Crippen LogP contribution in [0.2, 0.25) is 0 Å². The molecular formula is C11H12O4. The highest BCUT2D eigenvalue weighted by molar-refractivity contribution is 5.92. The predicted octanol–water partition coefficient (Wildman–Crippen LogP) is 2.01. The standard InChI is InChI=1S/C11H12O4/c1-3-9(12)15-10-7(2)5-4-6-8(10)11(13)14/h4-6H,3H2,1-2H3,(H,13,14). The minimum atomic E-state index is -1.10. The number of hydrogen-bond donors (Lipinski definition) is 1. The van der Waals surface area contributed by atoms with Crippen LogP contribution in [0.25, 0.3) is 0 Å². The maximum atomic E-state index is 11.1. The second-order valence-corrected chi connectivity index (χ2v) is 3.08. The van der Waals surface area contributed by atoms with E-state index in [1.807, 2.05) is 0 Å². The molecule has 0 radical (unpaired) electrons. The van der Waals surface area contributed by atoms with E-state index in [0.717, 1.165) is 0 Å². The highest BCUT2D eigenvalue weighted by Crippen LogP contribution is 2.23. The van der Waals surface area contributed by atoms with Crippen LogP contribution in [0.1, 0.15) is 29.3 Å². The Balaban J connectivity index is 3.13. The monoisotopic (exact) mass is 208 g/mol. The van der Waals surface area contributed by atoms with E-state index in [2.05, 4.69) is 0 Å². The second kappa shape index (κ2) is 4.59. The zero-order chi connectivity index (χ0) is 11.4. The van der Waals surface area contributed by atoms with E-state index in [9.17, 15) is 9.59 Å². The van der Waals surface area contributed by atoms with Crippen molar-refractivity contribution in [2.24, 2.45) is 0 Å². The number of aromatic carboxylic acids is 1. The lowest BCUT2D eigenvalue weighted by atomic mass is 10.1. The smallest absolute Gasteiger partial charge is 0.339 e. The second-order valence-electron chi connectivity index (χ2n) is 3.08. The molecule has 1 N–H and O–H groups in total. The molecule has 0 saturated carbocycles. The Kier molecular flexibility index (Phi) is 3.44. The molecule has 0 aliphatic rings. The SMILES string of the molecule is CCC(=O)Oc1c(C)cccc1C(=O)O.